The van der Waals surface area contributed by atoms with Crippen LogP contribution in [0.15, 0.2) is 18.2 Å². The van der Waals surface area contributed by atoms with Crippen molar-refractivity contribution >= 4 is 15.7 Å². The average molecular weight is 255 g/mol. The summed E-state index contributed by atoms with van der Waals surface area (Å²) < 4.78 is 30.8. The number of anilines is 1. The lowest BCUT2D eigenvalue weighted by Gasteiger charge is -2.39. The van der Waals surface area contributed by atoms with E-state index in [0.29, 0.717) is 18.0 Å². The molecule has 17 heavy (non-hydrogen) atoms. The normalized spacial score (nSPS) is 18.5. The van der Waals surface area contributed by atoms with Gasteiger partial charge in [-0.15, -0.1) is 0 Å². The summed E-state index contributed by atoms with van der Waals surface area (Å²) in [5.74, 6) is 0.622. The van der Waals surface area contributed by atoms with Crippen molar-refractivity contribution in [3.8, 4) is 5.75 Å². The zero-order valence-electron chi connectivity index (χ0n) is 10.5. The van der Waals surface area contributed by atoms with Gasteiger partial charge in [0.2, 0.25) is 10.0 Å². The second-order valence-electron chi connectivity index (χ2n) is 5.10. The van der Waals surface area contributed by atoms with Gasteiger partial charge in [-0.2, -0.15) is 0 Å². The second kappa shape index (κ2) is 3.63. The van der Waals surface area contributed by atoms with Gasteiger partial charge in [-0.05, 0) is 38.5 Å². The number of benzene rings is 1. The van der Waals surface area contributed by atoms with Crippen LogP contribution in [0.3, 0.4) is 0 Å². The number of nitrogens with zero attached hydrogens (tertiary/aromatic N) is 1. The summed E-state index contributed by atoms with van der Waals surface area (Å²) in [7, 11) is -3.27. The van der Waals surface area contributed by atoms with E-state index >= 15 is 0 Å². The van der Waals surface area contributed by atoms with Gasteiger partial charge in [0.1, 0.15) is 11.4 Å². The third-order valence-corrected chi connectivity index (χ3v) is 3.82. The molecule has 0 bridgehead atoms. The van der Waals surface area contributed by atoms with Gasteiger partial charge in [0.15, 0.2) is 0 Å². The molecule has 0 saturated heterocycles. The van der Waals surface area contributed by atoms with E-state index in [0.717, 1.165) is 5.56 Å². The zero-order chi connectivity index (χ0) is 12.8. The van der Waals surface area contributed by atoms with Crippen molar-refractivity contribution < 1.29 is 13.2 Å². The molecule has 0 amide bonds. The highest BCUT2D eigenvalue weighted by molar-refractivity contribution is 7.92. The van der Waals surface area contributed by atoms with E-state index < -0.39 is 15.6 Å². The Morgan fingerprint density at radius 3 is 2.59 bits per heavy atom. The van der Waals surface area contributed by atoms with E-state index in [9.17, 15) is 8.42 Å². The van der Waals surface area contributed by atoms with Crippen LogP contribution in [0.4, 0.5) is 5.69 Å². The van der Waals surface area contributed by atoms with E-state index in [1.807, 2.05) is 39.0 Å². The Morgan fingerprint density at radius 2 is 2.00 bits per heavy atom. The predicted molar refractivity (Wildman–Crippen MR) is 68.1 cm³/mol. The van der Waals surface area contributed by atoms with E-state index in [2.05, 4.69) is 0 Å². The molecule has 0 aromatic heterocycles. The number of hydrogen-bond donors (Lipinski definition) is 0. The number of rotatable bonds is 1. The molecular formula is C12H17NO3S. The van der Waals surface area contributed by atoms with Crippen LogP contribution in [0.25, 0.3) is 0 Å². The second-order valence-corrected chi connectivity index (χ2v) is 7.01. The molecule has 1 aromatic carbocycles. The molecule has 1 aliphatic rings. The van der Waals surface area contributed by atoms with Crippen molar-refractivity contribution in [3.63, 3.8) is 0 Å². The zero-order valence-corrected chi connectivity index (χ0v) is 11.3. The van der Waals surface area contributed by atoms with Gasteiger partial charge in [0.25, 0.3) is 0 Å². The van der Waals surface area contributed by atoms with Gasteiger partial charge in [-0.25, -0.2) is 8.42 Å². The molecule has 0 N–H and O–H groups in total. The first-order valence-electron chi connectivity index (χ1n) is 5.46. The fourth-order valence-corrected chi connectivity index (χ4v) is 3.01. The largest absolute Gasteiger partial charge is 0.484 e. The van der Waals surface area contributed by atoms with Crippen LogP contribution in [0.2, 0.25) is 0 Å². The molecule has 0 atom stereocenters. The molecular weight excluding hydrogens is 238 g/mol. The maximum atomic E-state index is 11.8. The molecule has 1 heterocycles. The van der Waals surface area contributed by atoms with Crippen molar-refractivity contribution in [2.75, 3.05) is 17.1 Å². The summed E-state index contributed by atoms with van der Waals surface area (Å²) in [4.78, 5) is 0. The van der Waals surface area contributed by atoms with Crippen LogP contribution in [-0.4, -0.2) is 26.8 Å². The van der Waals surface area contributed by atoms with Crippen molar-refractivity contribution in [2.45, 2.75) is 26.4 Å². The predicted octanol–water partition coefficient (Wildman–Crippen LogP) is 1.93. The number of sulfonamides is 1. The Labute approximate surface area is 102 Å². The van der Waals surface area contributed by atoms with Crippen LogP contribution in [0.1, 0.15) is 19.4 Å². The van der Waals surface area contributed by atoms with Crippen LogP contribution in [0.5, 0.6) is 5.75 Å². The maximum Gasteiger partial charge on any atom is 0.232 e. The first-order chi connectivity index (χ1) is 7.69. The van der Waals surface area contributed by atoms with Crippen LogP contribution in [-0.2, 0) is 10.0 Å². The molecule has 0 unspecified atom stereocenters. The van der Waals surface area contributed by atoms with Gasteiger partial charge in [-0.1, -0.05) is 6.07 Å². The quantitative estimate of drug-likeness (QED) is 0.770. The summed E-state index contributed by atoms with van der Waals surface area (Å²) >= 11 is 0. The molecule has 0 spiro atoms. The molecule has 0 saturated carbocycles. The van der Waals surface area contributed by atoms with Crippen LogP contribution < -0.4 is 9.04 Å². The number of aryl methyl sites for hydroxylation is 1. The molecule has 0 fully saturated rings. The van der Waals surface area contributed by atoms with Gasteiger partial charge in [0, 0.05) is 0 Å². The van der Waals surface area contributed by atoms with Gasteiger partial charge >= 0.3 is 0 Å². The summed E-state index contributed by atoms with van der Waals surface area (Å²) in [6.45, 7) is 6.03. The minimum atomic E-state index is -3.27. The lowest BCUT2D eigenvalue weighted by Crippen LogP contribution is -2.49. The molecule has 1 aliphatic heterocycles. The van der Waals surface area contributed by atoms with E-state index in [4.69, 9.17) is 4.74 Å². The summed E-state index contributed by atoms with van der Waals surface area (Å²) in [6, 6.07) is 5.58. The van der Waals surface area contributed by atoms with Crippen molar-refractivity contribution in [2.24, 2.45) is 0 Å². The monoisotopic (exact) mass is 255 g/mol. The van der Waals surface area contributed by atoms with E-state index in [1.165, 1.54) is 10.6 Å². The van der Waals surface area contributed by atoms with Crippen molar-refractivity contribution in [1.82, 2.24) is 0 Å². The summed E-state index contributed by atoms with van der Waals surface area (Å²) in [5.41, 5.74) is 1.14. The summed E-state index contributed by atoms with van der Waals surface area (Å²) in [5, 5.41) is 0. The lowest BCUT2D eigenvalue weighted by atomic mass is 10.1. The number of hydrogen-bond acceptors (Lipinski definition) is 3. The highest BCUT2D eigenvalue weighted by atomic mass is 32.2. The van der Waals surface area contributed by atoms with E-state index in [-0.39, 0.29) is 0 Å². The molecule has 0 radical (unpaired) electrons. The van der Waals surface area contributed by atoms with Crippen LogP contribution in [0, 0.1) is 6.92 Å². The first-order valence-corrected chi connectivity index (χ1v) is 7.31. The fourth-order valence-electron chi connectivity index (χ4n) is 1.97. The molecule has 4 nitrogen and oxygen atoms in total. The lowest BCUT2D eigenvalue weighted by molar-refractivity contribution is 0.110. The molecule has 0 aliphatic carbocycles. The smallest absolute Gasteiger partial charge is 0.232 e. The standard InChI is InChI=1S/C12H17NO3S/c1-9-5-6-11-10(7-9)13(17(4,14)15)8-12(2,3)16-11/h5-7H,8H2,1-4H3. The van der Waals surface area contributed by atoms with Crippen molar-refractivity contribution in [3.05, 3.63) is 23.8 Å². The minimum absolute atomic E-state index is 0.336. The number of ether oxygens (including phenoxy) is 1. The Kier molecular flexibility index (Phi) is 2.61. The third-order valence-electron chi connectivity index (χ3n) is 2.69. The Bertz CT molecular complexity index is 549. The Balaban J connectivity index is 2.60. The SMILES string of the molecule is Cc1ccc2c(c1)N(S(C)(=O)=O)CC(C)(C)O2. The third kappa shape index (κ3) is 2.39. The molecule has 94 valence electrons. The Morgan fingerprint density at radius 1 is 1.35 bits per heavy atom. The van der Waals surface area contributed by atoms with Crippen LogP contribution >= 0.6 is 0 Å². The average Bonchev–Trinajstić information content (AvgIpc) is 2.15. The highest BCUT2D eigenvalue weighted by Crippen LogP contribution is 2.38. The van der Waals surface area contributed by atoms with E-state index in [1.54, 1.807) is 0 Å². The van der Waals surface area contributed by atoms with Crippen molar-refractivity contribution in [1.29, 1.82) is 0 Å². The maximum absolute atomic E-state index is 11.8. The number of fused-ring (bicyclic) bond motifs is 1. The minimum Gasteiger partial charge on any atom is -0.484 e. The molecule has 5 heteroatoms. The Hall–Kier alpha value is -1.23. The van der Waals surface area contributed by atoms with Gasteiger partial charge in [-0.3, -0.25) is 4.31 Å². The molecule has 1 aromatic rings. The topological polar surface area (TPSA) is 46.6 Å². The highest BCUT2D eigenvalue weighted by Gasteiger charge is 2.35. The summed E-state index contributed by atoms with van der Waals surface area (Å²) in [6.07, 6.45) is 1.22. The fraction of sp³-hybridized carbons (Fsp3) is 0.500. The molecule has 2 rings (SSSR count). The first kappa shape index (κ1) is 12.2. The van der Waals surface area contributed by atoms with Gasteiger partial charge in [0.05, 0.1) is 18.5 Å². The van der Waals surface area contributed by atoms with Gasteiger partial charge < -0.3 is 4.74 Å².